The Morgan fingerprint density at radius 1 is 1.47 bits per heavy atom. The van der Waals surface area contributed by atoms with E-state index in [2.05, 4.69) is 6.92 Å². The molecule has 0 aliphatic heterocycles. The van der Waals surface area contributed by atoms with Crippen LogP contribution in [0, 0.1) is 5.92 Å². The van der Waals surface area contributed by atoms with E-state index in [-0.39, 0.29) is 0 Å². The van der Waals surface area contributed by atoms with Crippen molar-refractivity contribution < 1.29 is 14.6 Å². The summed E-state index contributed by atoms with van der Waals surface area (Å²) in [6, 6.07) is 7.45. The Hall–Kier alpha value is -1.51. The van der Waals surface area contributed by atoms with Gasteiger partial charge >= 0.3 is 5.97 Å². The fraction of sp³-hybridized carbons (Fsp3) is 0.500. The maximum atomic E-state index is 11.6. The average molecular weight is 234 g/mol. The molecule has 17 heavy (non-hydrogen) atoms. The van der Waals surface area contributed by atoms with E-state index in [9.17, 15) is 9.90 Å². The molecule has 1 aliphatic carbocycles. The first-order valence-electron chi connectivity index (χ1n) is 6.01. The van der Waals surface area contributed by atoms with E-state index in [0.29, 0.717) is 11.7 Å². The van der Waals surface area contributed by atoms with Crippen molar-refractivity contribution in [3.63, 3.8) is 0 Å². The van der Waals surface area contributed by atoms with Crippen LogP contribution in [0.25, 0.3) is 0 Å². The van der Waals surface area contributed by atoms with Crippen molar-refractivity contribution >= 4 is 5.97 Å². The van der Waals surface area contributed by atoms with Crippen LogP contribution in [-0.4, -0.2) is 18.2 Å². The number of carboxylic acids is 1. The van der Waals surface area contributed by atoms with Gasteiger partial charge in [0.25, 0.3) is 0 Å². The molecule has 1 aliphatic rings. The van der Waals surface area contributed by atoms with Gasteiger partial charge < -0.3 is 9.84 Å². The van der Waals surface area contributed by atoms with Gasteiger partial charge in [0, 0.05) is 5.56 Å². The predicted molar refractivity (Wildman–Crippen MR) is 65.3 cm³/mol. The predicted octanol–water partition coefficient (Wildman–Crippen LogP) is 2.84. The molecule has 0 bridgehead atoms. The summed E-state index contributed by atoms with van der Waals surface area (Å²) in [5.41, 5.74) is 0.0903. The minimum atomic E-state index is -0.730. The Kier molecular flexibility index (Phi) is 3.09. The van der Waals surface area contributed by atoms with Crippen molar-refractivity contribution in [2.45, 2.75) is 31.6 Å². The highest BCUT2D eigenvalue weighted by Crippen LogP contribution is 2.51. The van der Waals surface area contributed by atoms with Gasteiger partial charge in [-0.25, -0.2) is 0 Å². The molecule has 0 unspecified atom stereocenters. The van der Waals surface area contributed by atoms with Crippen LogP contribution in [0.3, 0.4) is 0 Å². The van der Waals surface area contributed by atoms with Gasteiger partial charge in [0.1, 0.15) is 5.75 Å². The maximum Gasteiger partial charge on any atom is 0.314 e. The fourth-order valence-corrected chi connectivity index (χ4v) is 2.76. The quantitative estimate of drug-likeness (QED) is 0.871. The molecule has 0 atom stereocenters. The number of carboxylic acid groups (broad SMARTS) is 1. The van der Waals surface area contributed by atoms with Crippen molar-refractivity contribution in [2.75, 3.05) is 7.11 Å². The maximum absolute atomic E-state index is 11.6. The molecule has 0 heterocycles. The van der Waals surface area contributed by atoms with Crippen molar-refractivity contribution in [2.24, 2.45) is 5.92 Å². The number of ether oxygens (including phenoxy) is 1. The van der Waals surface area contributed by atoms with E-state index >= 15 is 0 Å². The Bertz CT molecular complexity index is 419. The van der Waals surface area contributed by atoms with Crippen LogP contribution in [-0.2, 0) is 10.2 Å². The van der Waals surface area contributed by atoms with Gasteiger partial charge in [-0.1, -0.05) is 31.5 Å². The van der Waals surface area contributed by atoms with Crippen LogP contribution in [0.4, 0.5) is 0 Å². The number of para-hydroxylation sites is 1. The number of hydrogen-bond acceptors (Lipinski definition) is 2. The SMILES string of the molecule is CCC1CC(C(=O)O)(c2ccccc2OC)C1. The second-order valence-electron chi connectivity index (χ2n) is 4.77. The molecule has 1 N–H and O–H groups in total. The largest absolute Gasteiger partial charge is 0.496 e. The van der Waals surface area contributed by atoms with Crippen molar-refractivity contribution in [1.29, 1.82) is 0 Å². The lowest BCUT2D eigenvalue weighted by Gasteiger charge is -2.45. The standard InChI is InChI=1S/C14H18O3/c1-3-10-8-14(9-10,13(15)16)11-6-4-5-7-12(11)17-2/h4-7,10H,3,8-9H2,1-2H3,(H,15,16). The fourth-order valence-electron chi connectivity index (χ4n) is 2.76. The van der Waals surface area contributed by atoms with Gasteiger partial charge in [-0.15, -0.1) is 0 Å². The lowest BCUT2D eigenvalue weighted by molar-refractivity contribution is -0.150. The number of aliphatic carboxylic acids is 1. The molecule has 1 aromatic rings. The first-order valence-corrected chi connectivity index (χ1v) is 6.01. The van der Waals surface area contributed by atoms with Crippen LogP contribution < -0.4 is 4.74 Å². The molecule has 3 nitrogen and oxygen atoms in total. The molecule has 1 fully saturated rings. The first-order chi connectivity index (χ1) is 8.14. The highest BCUT2D eigenvalue weighted by atomic mass is 16.5. The summed E-state index contributed by atoms with van der Waals surface area (Å²) >= 11 is 0. The number of hydrogen-bond donors (Lipinski definition) is 1. The van der Waals surface area contributed by atoms with E-state index in [1.807, 2.05) is 24.3 Å². The number of benzene rings is 1. The third-order valence-electron chi connectivity index (χ3n) is 3.88. The van der Waals surface area contributed by atoms with E-state index in [1.165, 1.54) is 0 Å². The summed E-state index contributed by atoms with van der Waals surface area (Å²) in [5, 5.41) is 9.51. The number of methoxy groups -OCH3 is 1. The number of rotatable bonds is 4. The lowest BCUT2D eigenvalue weighted by Crippen LogP contribution is -2.47. The molecule has 1 saturated carbocycles. The van der Waals surface area contributed by atoms with Crippen molar-refractivity contribution in [1.82, 2.24) is 0 Å². The topological polar surface area (TPSA) is 46.5 Å². The number of carbonyl (C=O) groups is 1. The minimum Gasteiger partial charge on any atom is -0.496 e. The Morgan fingerprint density at radius 3 is 2.65 bits per heavy atom. The zero-order valence-corrected chi connectivity index (χ0v) is 10.3. The summed E-state index contributed by atoms with van der Waals surface area (Å²) in [5.74, 6) is 0.479. The zero-order chi connectivity index (χ0) is 12.5. The highest BCUT2D eigenvalue weighted by molar-refractivity contribution is 5.84. The Labute approximate surface area is 101 Å². The Balaban J connectivity index is 2.38. The van der Waals surface area contributed by atoms with Crippen LogP contribution in [0.5, 0.6) is 5.75 Å². The third kappa shape index (κ3) is 1.79. The van der Waals surface area contributed by atoms with E-state index in [0.717, 1.165) is 24.8 Å². The summed E-state index contributed by atoms with van der Waals surface area (Å²) < 4.78 is 5.28. The van der Waals surface area contributed by atoms with Gasteiger partial charge in [0.05, 0.1) is 12.5 Å². The average Bonchev–Trinajstić information content (AvgIpc) is 2.28. The van der Waals surface area contributed by atoms with Gasteiger partial charge in [-0.3, -0.25) is 4.79 Å². The lowest BCUT2D eigenvalue weighted by atomic mass is 9.57. The molecule has 0 spiro atoms. The van der Waals surface area contributed by atoms with E-state index < -0.39 is 11.4 Å². The molecule has 0 amide bonds. The van der Waals surface area contributed by atoms with Crippen LogP contribution in [0.1, 0.15) is 31.7 Å². The van der Waals surface area contributed by atoms with E-state index in [4.69, 9.17) is 4.74 Å². The first kappa shape index (κ1) is 12.0. The van der Waals surface area contributed by atoms with E-state index in [1.54, 1.807) is 7.11 Å². The van der Waals surface area contributed by atoms with Gasteiger partial charge in [-0.2, -0.15) is 0 Å². The van der Waals surface area contributed by atoms with Crippen LogP contribution in [0.15, 0.2) is 24.3 Å². The summed E-state index contributed by atoms with van der Waals surface area (Å²) in [7, 11) is 1.59. The van der Waals surface area contributed by atoms with Gasteiger partial charge in [-0.05, 0) is 24.8 Å². The molecule has 3 heteroatoms. The Morgan fingerprint density at radius 2 is 2.12 bits per heavy atom. The summed E-state index contributed by atoms with van der Waals surface area (Å²) in [6.45, 7) is 2.11. The third-order valence-corrected chi connectivity index (χ3v) is 3.88. The smallest absolute Gasteiger partial charge is 0.314 e. The normalized spacial score (nSPS) is 27.3. The second-order valence-corrected chi connectivity index (χ2v) is 4.77. The summed E-state index contributed by atoms with van der Waals surface area (Å²) in [6.07, 6.45) is 2.49. The molecule has 0 radical (unpaired) electrons. The molecule has 2 rings (SSSR count). The molecule has 0 saturated heterocycles. The molecule has 92 valence electrons. The van der Waals surface area contributed by atoms with Crippen molar-refractivity contribution in [3.05, 3.63) is 29.8 Å². The van der Waals surface area contributed by atoms with Crippen LogP contribution in [0.2, 0.25) is 0 Å². The summed E-state index contributed by atoms with van der Waals surface area (Å²) in [4.78, 5) is 11.6. The highest BCUT2D eigenvalue weighted by Gasteiger charge is 2.52. The molecular formula is C14H18O3. The van der Waals surface area contributed by atoms with Crippen molar-refractivity contribution in [3.8, 4) is 5.75 Å². The van der Waals surface area contributed by atoms with Gasteiger partial charge in [0.2, 0.25) is 0 Å². The second kappa shape index (κ2) is 4.40. The molecule has 0 aromatic heterocycles. The minimum absolute atomic E-state index is 0.524. The monoisotopic (exact) mass is 234 g/mol. The zero-order valence-electron chi connectivity index (χ0n) is 10.3. The molecular weight excluding hydrogens is 216 g/mol. The van der Waals surface area contributed by atoms with Crippen LogP contribution >= 0.6 is 0 Å². The molecule has 1 aromatic carbocycles. The van der Waals surface area contributed by atoms with Gasteiger partial charge in [0.15, 0.2) is 0 Å².